The number of nitrogens with zero attached hydrogens (tertiary/aromatic N) is 2. The fourth-order valence-corrected chi connectivity index (χ4v) is 6.77. The van der Waals surface area contributed by atoms with Gasteiger partial charge >= 0.3 is 5.97 Å². The highest BCUT2D eigenvalue weighted by Gasteiger charge is 2.32. The molecule has 1 aliphatic heterocycles. The molecule has 0 radical (unpaired) electrons. The molecular formula is C32H20ClFN2O4S. The standard InChI is InChI=1S/C32H20ClFN2O4S/c33-25-15-19(8-12-23(25)31(38)39)26-14-11-21(40-26)16-27-30(37)36-29(18-5-9-20(34)10-6-18)24-13-7-17-3-1-2-4-22(17)28(24)35-32(36)41-27/h1-6,8-12,14-16,29H,7,13H2,(H,38,39)/b27-16-/t29-/m0/s1. The molecule has 7 rings (SSSR count). The first-order valence-corrected chi connectivity index (χ1v) is 14.1. The van der Waals surface area contributed by atoms with Crippen molar-refractivity contribution in [2.45, 2.75) is 18.9 Å². The SMILES string of the molecule is O=C(O)c1ccc(-c2ccc(/C=c3\sc4n(c3=O)[C@@H](c3ccc(F)cc3)C3=C(N=4)c4ccccc4CC3)o2)cc1Cl. The molecule has 1 atom stereocenters. The lowest BCUT2D eigenvalue weighted by molar-refractivity contribution is 0.0697. The second kappa shape index (κ2) is 9.83. The van der Waals surface area contributed by atoms with Crippen LogP contribution in [0, 0.1) is 5.82 Å². The molecule has 0 saturated carbocycles. The summed E-state index contributed by atoms with van der Waals surface area (Å²) >= 11 is 7.41. The first kappa shape index (κ1) is 25.4. The van der Waals surface area contributed by atoms with Crippen LogP contribution < -0.4 is 14.9 Å². The number of benzene rings is 3. The average molecular weight is 583 g/mol. The minimum absolute atomic E-state index is 0.00401. The second-order valence-electron chi connectivity index (χ2n) is 9.87. The van der Waals surface area contributed by atoms with Gasteiger partial charge in [-0.3, -0.25) is 9.36 Å². The van der Waals surface area contributed by atoms with Gasteiger partial charge in [-0.25, -0.2) is 14.2 Å². The van der Waals surface area contributed by atoms with Crippen LogP contribution in [-0.4, -0.2) is 15.6 Å². The van der Waals surface area contributed by atoms with Gasteiger partial charge in [-0.15, -0.1) is 0 Å². The molecule has 3 heterocycles. The van der Waals surface area contributed by atoms with Gasteiger partial charge in [-0.2, -0.15) is 0 Å². The monoisotopic (exact) mass is 582 g/mol. The van der Waals surface area contributed by atoms with Crippen molar-refractivity contribution in [2.24, 2.45) is 4.99 Å². The highest BCUT2D eigenvalue weighted by atomic mass is 35.5. The van der Waals surface area contributed by atoms with Gasteiger partial charge in [0.2, 0.25) is 0 Å². The Morgan fingerprint density at radius 1 is 1.07 bits per heavy atom. The number of carboxylic acid groups (broad SMARTS) is 1. The molecule has 0 saturated heterocycles. The van der Waals surface area contributed by atoms with E-state index in [2.05, 4.69) is 12.1 Å². The lowest BCUT2D eigenvalue weighted by atomic mass is 9.83. The number of aromatic nitrogens is 1. The quantitative estimate of drug-likeness (QED) is 0.279. The van der Waals surface area contributed by atoms with Gasteiger partial charge in [-0.1, -0.05) is 65.4 Å². The van der Waals surface area contributed by atoms with Crippen LogP contribution in [0.3, 0.4) is 0 Å². The highest BCUT2D eigenvalue weighted by Crippen LogP contribution is 2.41. The number of rotatable bonds is 4. The van der Waals surface area contributed by atoms with Crippen LogP contribution in [0.4, 0.5) is 4.39 Å². The third kappa shape index (κ3) is 4.36. The maximum atomic E-state index is 13.9. The van der Waals surface area contributed by atoms with Crippen LogP contribution in [-0.2, 0) is 6.42 Å². The Bertz CT molecular complexity index is 2090. The number of aromatic carboxylic acids is 1. The van der Waals surface area contributed by atoms with E-state index >= 15 is 0 Å². The summed E-state index contributed by atoms with van der Waals surface area (Å²) in [4.78, 5) is 30.7. The summed E-state index contributed by atoms with van der Waals surface area (Å²) in [5.41, 5.74) is 5.41. The second-order valence-corrected chi connectivity index (χ2v) is 11.3. The van der Waals surface area contributed by atoms with Crippen molar-refractivity contribution in [1.29, 1.82) is 0 Å². The molecule has 0 fully saturated rings. The van der Waals surface area contributed by atoms with E-state index in [0.29, 0.717) is 26.4 Å². The minimum atomic E-state index is -1.11. The van der Waals surface area contributed by atoms with Crippen molar-refractivity contribution in [2.75, 3.05) is 0 Å². The molecule has 0 unspecified atom stereocenters. The summed E-state index contributed by atoms with van der Waals surface area (Å²) in [5, 5.41) is 9.34. The smallest absolute Gasteiger partial charge is 0.337 e. The molecule has 1 aliphatic carbocycles. The summed E-state index contributed by atoms with van der Waals surface area (Å²) in [7, 11) is 0. The van der Waals surface area contributed by atoms with E-state index in [1.165, 1.54) is 41.2 Å². The molecule has 1 N–H and O–H groups in total. The van der Waals surface area contributed by atoms with E-state index < -0.39 is 12.0 Å². The number of halogens is 2. The molecule has 41 heavy (non-hydrogen) atoms. The molecule has 2 aromatic heterocycles. The predicted molar refractivity (Wildman–Crippen MR) is 155 cm³/mol. The fraction of sp³-hybridized carbons (Fsp3) is 0.0938. The molecular weight excluding hydrogens is 563 g/mol. The Morgan fingerprint density at radius 3 is 2.66 bits per heavy atom. The topological polar surface area (TPSA) is 84.8 Å². The van der Waals surface area contributed by atoms with E-state index in [1.54, 1.807) is 41.0 Å². The number of furan rings is 1. The number of allylic oxidation sites excluding steroid dienone is 1. The molecule has 2 aliphatic rings. The Hall–Kier alpha value is -4.53. The fourth-order valence-electron chi connectivity index (χ4n) is 5.52. The molecule has 202 valence electrons. The van der Waals surface area contributed by atoms with Crippen molar-refractivity contribution < 1.29 is 18.7 Å². The van der Waals surface area contributed by atoms with Crippen molar-refractivity contribution in [1.82, 2.24) is 4.57 Å². The zero-order valence-electron chi connectivity index (χ0n) is 21.3. The molecule has 0 spiro atoms. The van der Waals surface area contributed by atoms with Gasteiger partial charge in [0.1, 0.15) is 17.3 Å². The molecule has 9 heteroatoms. The Morgan fingerprint density at radius 2 is 1.88 bits per heavy atom. The first-order valence-electron chi connectivity index (χ1n) is 12.9. The molecule has 3 aromatic carbocycles. The maximum Gasteiger partial charge on any atom is 0.337 e. The molecule has 5 aromatic rings. The van der Waals surface area contributed by atoms with Crippen molar-refractivity contribution in [3.8, 4) is 11.3 Å². The zero-order chi connectivity index (χ0) is 28.2. The van der Waals surface area contributed by atoms with Crippen LogP contribution >= 0.6 is 22.9 Å². The van der Waals surface area contributed by atoms with Gasteiger partial charge in [0.25, 0.3) is 5.56 Å². The van der Waals surface area contributed by atoms with E-state index in [9.17, 15) is 19.1 Å². The van der Waals surface area contributed by atoms with Gasteiger partial charge in [-0.05, 0) is 65.9 Å². The van der Waals surface area contributed by atoms with Gasteiger partial charge < -0.3 is 9.52 Å². The lowest BCUT2D eigenvalue weighted by Gasteiger charge is -2.30. The van der Waals surface area contributed by atoms with Crippen LogP contribution in [0.2, 0.25) is 5.02 Å². The van der Waals surface area contributed by atoms with E-state index in [0.717, 1.165) is 35.2 Å². The number of aryl methyl sites for hydroxylation is 1. The number of hydrogen-bond acceptors (Lipinski definition) is 5. The molecule has 0 bridgehead atoms. The average Bonchev–Trinajstić information content (AvgIpc) is 3.56. The minimum Gasteiger partial charge on any atom is -0.478 e. The Balaban J connectivity index is 1.36. The number of hydrogen-bond donors (Lipinski definition) is 1. The Kier molecular flexibility index (Phi) is 6.10. The van der Waals surface area contributed by atoms with Crippen molar-refractivity contribution in [3.05, 3.63) is 143 Å². The zero-order valence-corrected chi connectivity index (χ0v) is 22.9. The Labute approximate surface area is 241 Å². The lowest BCUT2D eigenvalue weighted by Crippen LogP contribution is -2.38. The van der Waals surface area contributed by atoms with Gasteiger partial charge in [0.15, 0.2) is 4.80 Å². The third-order valence-electron chi connectivity index (χ3n) is 7.44. The van der Waals surface area contributed by atoms with E-state index in [-0.39, 0.29) is 22.0 Å². The third-order valence-corrected chi connectivity index (χ3v) is 8.74. The van der Waals surface area contributed by atoms with E-state index in [4.69, 9.17) is 21.0 Å². The molecule has 0 amide bonds. The number of thiazole rings is 1. The van der Waals surface area contributed by atoms with E-state index in [1.807, 2.05) is 12.1 Å². The summed E-state index contributed by atoms with van der Waals surface area (Å²) < 4.78 is 22.0. The van der Waals surface area contributed by atoms with Gasteiger partial charge in [0.05, 0.1) is 26.9 Å². The van der Waals surface area contributed by atoms with Gasteiger partial charge in [0, 0.05) is 17.2 Å². The molecule has 6 nitrogen and oxygen atoms in total. The normalized spacial score (nSPS) is 16.1. The highest BCUT2D eigenvalue weighted by molar-refractivity contribution is 7.07. The van der Waals surface area contributed by atoms with Crippen molar-refractivity contribution >= 4 is 40.7 Å². The van der Waals surface area contributed by atoms with Crippen molar-refractivity contribution in [3.63, 3.8) is 0 Å². The summed E-state index contributed by atoms with van der Waals surface area (Å²) in [6, 6.07) is 22.1. The van der Waals surface area contributed by atoms with Crippen LogP contribution in [0.1, 0.15) is 45.3 Å². The summed E-state index contributed by atoms with van der Waals surface area (Å²) in [5.74, 6) is -0.506. The number of carboxylic acids is 1. The number of fused-ring (bicyclic) bond motifs is 3. The maximum absolute atomic E-state index is 13.9. The summed E-state index contributed by atoms with van der Waals surface area (Å²) in [6.07, 6.45) is 3.25. The van der Waals surface area contributed by atoms with Crippen LogP contribution in [0.25, 0.3) is 23.1 Å². The number of carbonyl (C=O) groups is 1. The predicted octanol–water partition coefficient (Wildman–Crippen LogP) is 6.07. The summed E-state index contributed by atoms with van der Waals surface area (Å²) in [6.45, 7) is 0. The van der Waals surface area contributed by atoms with Crippen LogP contribution in [0.5, 0.6) is 0 Å². The van der Waals surface area contributed by atoms with Crippen LogP contribution in [0.15, 0.2) is 98.6 Å². The largest absolute Gasteiger partial charge is 0.478 e. The first-order chi connectivity index (χ1) is 19.9.